The van der Waals surface area contributed by atoms with E-state index < -0.39 is 59.7 Å². The SMILES string of the molecule is O=C1CCC(=O)N[C@@H](CC2CC=CS2)C(=O)N[C@H](Cc2ccc(-c3ccccc3)cc2)C(=O)N[C@H](Cc2ccccc2)C(=O)N[C@H](C(=O)O)Cc2ccc(cc2)N1. The van der Waals surface area contributed by atoms with E-state index in [1.165, 1.54) is 0 Å². The summed E-state index contributed by atoms with van der Waals surface area (Å²) < 4.78 is 0. The van der Waals surface area contributed by atoms with E-state index in [-0.39, 0.29) is 43.8 Å². The fourth-order valence-corrected chi connectivity index (χ4v) is 7.71. The number of thioether (sulfide) groups is 1. The predicted octanol–water partition coefficient (Wildman–Crippen LogP) is 4.55. The molecule has 0 spiro atoms. The lowest BCUT2D eigenvalue weighted by molar-refractivity contribution is -0.142. The number of carboxylic acids is 1. The molecule has 13 heteroatoms. The predicted molar refractivity (Wildman–Crippen MR) is 219 cm³/mol. The maximum Gasteiger partial charge on any atom is 0.326 e. The molecule has 4 aromatic rings. The third kappa shape index (κ3) is 11.9. The average molecular weight is 788 g/mol. The zero-order valence-electron chi connectivity index (χ0n) is 31.2. The summed E-state index contributed by atoms with van der Waals surface area (Å²) in [6.45, 7) is 0. The summed E-state index contributed by atoms with van der Waals surface area (Å²) in [5.74, 6) is -4.18. The van der Waals surface area contributed by atoms with Gasteiger partial charge in [0.2, 0.25) is 29.5 Å². The quantitative estimate of drug-likeness (QED) is 0.141. The molecule has 2 bridgehead atoms. The molecule has 5 amide bonds. The minimum atomic E-state index is -1.35. The molecular weight excluding hydrogens is 743 g/mol. The van der Waals surface area contributed by atoms with Gasteiger partial charge in [0.05, 0.1) is 0 Å². The molecule has 6 N–H and O–H groups in total. The summed E-state index contributed by atoms with van der Waals surface area (Å²) in [6.07, 6.45) is 2.62. The first-order valence-electron chi connectivity index (χ1n) is 18.9. The highest BCUT2D eigenvalue weighted by molar-refractivity contribution is 8.03. The maximum absolute atomic E-state index is 14.4. The highest BCUT2D eigenvalue weighted by atomic mass is 32.2. The number of nitrogens with one attached hydrogen (secondary N) is 5. The first kappa shape index (κ1) is 40.5. The van der Waals surface area contributed by atoms with Gasteiger partial charge in [0.1, 0.15) is 24.2 Å². The molecule has 1 unspecified atom stereocenters. The van der Waals surface area contributed by atoms with Gasteiger partial charge in [0, 0.05) is 43.0 Å². The Bertz CT molecular complexity index is 2070. The molecule has 57 heavy (non-hydrogen) atoms. The largest absolute Gasteiger partial charge is 0.480 e. The van der Waals surface area contributed by atoms with E-state index in [9.17, 15) is 33.9 Å². The molecule has 3 aliphatic heterocycles. The van der Waals surface area contributed by atoms with Gasteiger partial charge in [-0.3, -0.25) is 24.0 Å². The van der Waals surface area contributed by atoms with Gasteiger partial charge in [-0.25, -0.2) is 4.79 Å². The highest BCUT2D eigenvalue weighted by Crippen LogP contribution is 2.28. The van der Waals surface area contributed by atoms with E-state index in [0.717, 1.165) is 22.3 Å². The lowest BCUT2D eigenvalue weighted by Crippen LogP contribution is -2.59. The lowest BCUT2D eigenvalue weighted by Gasteiger charge is -2.27. The van der Waals surface area contributed by atoms with E-state index in [1.54, 1.807) is 60.3 Å². The fraction of sp³-hybridized carbons (Fsp3) is 0.273. The van der Waals surface area contributed by atoms with Gasteiger partial charge in [-0.1, -0.05) is 103 Å². The lowest BCUT2D eigenvalue weighted by atomic mass is 9.99. The van der Waals surface area contributed by atoms with Gasteiger partial charge in [-0.05, 0) is 58.2 Å². The molecule has 4 aromatic carbocycles. The van der Waals surface area contributed by atoms with E-state index >= 15 is 0 Å². The molecule has 3 aliphatic rings. The summed E-state index contributed by atoms with van der Waals surface area (Å²) in [5.41, 5.74) is 4.44. The second-order valence-corrected chi connectivity index (χ2v) is 15.4. The first-order chi connectivity index (χ1) is 27.6. The van der Waals surface area contributed by atoms with Gasteiger partial charge in [-0.2, -0.15) is 0 Å². The Morgan fingerprint density at radius 3 is 1.79 bits per heavy atom. The van der Waals surface area contributed by atoms with Crippen molar-refractivity contribution in [3.63, 3.8) is 0 Å². The van der Waals surface area contributed by atoms with Crippen molar-refractivity contribution >= 4 is 53.0 Å². The molecule has 0 saturated heterocycles. The van der Waals surface area contributed by atoms with Crippen LogP contribution in [0.2, 0.25) is 0 Å². The Labute approximate surface area is 335 Å². The number of carbonyl (C=O) groups is 6. The van der Waals surface area contributed by atoms with E-state index in [2.05, 4.69) is 26.6 Å². The van der Waals surface area contributed by atoms with Crippen LogP contribution in [-0.4, -0.2) is 70.0 Å². The number of amides is 5. The topological polar surface area (TPSA) is 183 Å². The second-order valence-electron chi connectivity index (χ2n) is 14.1. The van der Waals surface area contributed by atoms with Gasteiger partial charge in [0.15, 0.2) is 0 Å². The van der Waals surface area contributed by atoms with Crippen molar-refractivity contribution in [2.45, 2.75) is 74.4 Å². The average Bonchev–Trinajstić information content (AvgIpc) is 3.73. The van der Waals surface area contributed by atoms with Crippen LogP contribution in [0.5, 0.6) is 0 Å². The number of carbonyl (C=O) groups excluding carboxylic acids is 5. The van der Waals surface area contributed by atoms with Gasteiger partial charge in [-0.15, -0.1) is 11.8 Å². The molecular formula is C44H45N5O7S. The number of hydrogen-bond donors (Lipinski definition) is 6. The normalized spacial score (nSPS) is 22.3. The van der Waals surface area contributed by atoms with Crippen LogP contribution in [0, 0.1) is 0 Å². The number of allylic oxidation sites excluding steroid dienone is 1. The van der Waals surface area contributed by atoms with Gasteiger partial charge in [0.25, 0.3) is 0 Å². The first-order valence-corrected chi connectivity index (χ1v) is 19.8. The molecule has 12 nitrogen and oxygen atoms in total. The van der Waals surface area contributed by atoms with Crippen LogP contribution in [0.4, 0.5) is 5.69 Å². The zero-order chi connectivity index (χ0) is 40.1. The molecule has 3 heterocycles. The van der Waals surface area contributed by atoms with Crippen LogP contribution in [-0.2, 0) is 48.0 Å². The highest BCUT2D eigenvalue weighted by Gasteiger charge is 2.33. The Balaban J connectivity index is 1.33. The van der Waals surface area contributed by atoms with Crippen LogP contribution >= 0.6 is 11.8 Å². The summed E-state index contributed by atoms with van der Waals surface area (Å²) in [5, 5.41) is 25.9. The molecule has 0 saturated carbocycles. The summed E-state index contributed by atoms with van der Waals surface area (Å²) in [4.78, 5) is 81.1. The number of carboxylic acid groups (broad SMARTS) is 1. The third-order valence-corrected chi connectivity index (χ3v) is 11.0. The van der Waals surface area contributed by atoms with E-state index in [0.29, 0.717) is 17.7 Å². The van der Waals surface area contributed by atoms with Crippen molar-refractivity contribution < 1.29 is 33.9 Å². The maximum atomic E-state index is 14.4. The number of aliphatic carboxylic acids is 1. The smallest absolute Gasteiger partial charge is 0.326 e. The Morgan fingerprint density at radius 1 is 0.614 bits per heavy atom. The van der Waals surface area contributed by atoms with Gasteiger partial charge < -0.3 is 31.7 Å². The number of rotatable bonds is 8. The number of fused-ring (bicyclic) bond motifs is 18. The van der Waals surface area contributed by atoms with Crippen molar-refractivity contribution in [3.8, 4) is 11.1 Å². The summed E-state index contributed by atoms with van der Waals surface area (Å²) in [7, 11) is 0. The minimum absolute atomic E-state index is 0.000681. The molecule has 5 atom stereocenters. The Kier molecular flexibility index (Phi) is 13.9. The van der Waals surface area contributed by atoms with E-state index in [4.69, 9.17) is 0 Å². The summed E-state index contributed by atoms with van der Waals surface area (Å²) in [6, 6.07) is 28.1. The molecule has 0 fully saturated rings. The van der Waals surface area contributed by atoms with Crippen molar-refractivity contribution in [2.24, 2.45) is 0 Å². The zero-order valence-corrected chi connectivity index (χ0v) is 32.0. The third-order valence-electron chi connectivity index (χ3n) is 9.84. The monoisotopic (exact) mass is 787 g/mol. The van der Waals surface area contributed by atoms with Gasteiger partial charge >= 0.3 is 5.97 Å². The fourth-order valence-electron chi connectivity index (χ4n) is 6.74. The Hall–Kier alpha value is -6.21. The Morgan fingerprint density at radius 2 is 1.18 bits per heavy atom. The molecule has 7 rings (SSSR count). The van der Waals surface area contributed by atoms with Crippen LogP contribution in [0.15, 0.2) is 121 Å². The van der Waals surface area contributed by atoms with Crippen LogP contribution < -0.4 is 26.6 Å². The molecule has 0 aliphatic carbocycles. The molecule has 0 radical (unpaired) electrons. The van der Waals surface area contributed by atoms with Crippen molar-refractivity contribution in [2.75, 3.05) is 5.32 Å². The van der Waals surface area contributed by atoms with Crippen LogP contribution in [0.3, 0.4) is 0 Å². The summed E-state index contributed by atoms with van der Waals surface area (Å²) >= 11 is 1.54. The van der Waals surface area contributed by atoms with Crippen LogP contribution in [0.25, 0.3) is 11.1 Å². The minimum Gasteiger partial charge on any atom is -0.480 e. The number of hydrogen-bond acceptors (Lipinski definition) is 7. The number of benzene rings is 4. The van der Waals surface area contributed by atoms with E-state index in [1.807, 2.05) is 72.1 Å². The second kappa shape index (κ2) is 19.6. The van der Waals surface area contributed by atoms with Crippen LogP contribution in [0.1, 0.15) is 42.4 Å². The molecule has 0 aromatic heterocycles. The standard InChI is InChI=1S/C44H45N5O7S/c50-39-21-22-40(51)46-37(27-34-12-7-23-57-34)43(54)48-36(25-29-13-17-32(18-14-29)31-10-5-2-6-11-31)41(52)47-35(24-28-8-3-1-4-9-28)42(53)49-38(44(55)56)26-30-15-19-33(45-39)20-16-30/h1-11,13-20,23,34-38H,12,21-22,24-27H2,(H,45,50)(H,46,51)(H,47,52)(H,48,54)(H,49,53)(H,55,56)/t34?,35-,36-,37+,38+/m1/s1. The van der Waals surface area contributed by atoms with Crippen molar-refractivity contribution in [3.05, 3.63) is 137 Å². The molecule has 294 valence electrons. The number of anilines is 1. The van der Waals surface area contributed by atoms with Crippen molar-refractivity contribution in [1.82, 2.24) is 21.3 Å². The van der Waals surface area contributed by atoms with Crippen molar-refractivity contribution in [1.29, 1.82) is 0 Å².